The van der Waals surface area contributed by atoms with Crippen LogP contribution in [0.4, 0.5) is 5.69 Å². The summed E-state index contributed by atoms with van der Waals surface area (Å²) in [5.41, 5.74) is -0.154. The van der Waals surface area contributed by atoms with E-state index in [1.54, 1.807) is 24.3 Å². The van der Waals surface area contributed by atoms with Crippen LogP contribution < -0.4 is 15.4 Å². The highest BCUT2D eigenvalue weighted by Crippen LogP contribution is 2.59. The van der Waals surface area contributed by atoms with E-state index in [0.29, 0.717) is 37.3 Å². The molecule has 2 bridgehead atoms. The minimum Gasteiger partial charge on any atom is -0.494 e. The van der Waals surface area contributed by atoms with Gasteiger partial charge in [-0.05, 0) is 76.8 Å². The van der Waals surface area contributed by atoms with Crippen LogP contribution in [0.2, 0.25) is 0 Å². The van der Waals surface area contributed by atoms with Gasteiger partial charge in [0.25, 0.3) is 0 Å². The number of benzene rings is 2. The summed E-state index contributed by atoms with van der Waals surface area (Å²) in [6.45, 7) is 7.77. The topological polar surface area (TPSA) is 117 Å². The first-order valence-electron chi connectivity index (χ1n) is 14.1. The maximum Gasteiger partial charge on any atom is 0.246 e. The van der Waals surface area contributed by atoms with E-state index in [0.717, 1.165) is 5.56 Å². The number of rotatable bonds is 9. The molecule has 0 aromatic heterocycles. The van der Waals surface area contributed by atoms with Gasteiger partial charge in [0.2, 0.25) is 17.7 Å². The molecule has 3 amide bonds. The number of carbonyl (C=O) groups is 3. The predicted molar refractivity (Wildman–Crippen MR) is 150 cm³/mol. The van der Waals surface area contributed by atoms with Gasteiger partial charge in [-0.3, -0.25) is 14.4 Å². The van der Waals surface area contributed by atoms with Crippen molar-refractivity contribution in [3.8, 4) is 5.75 Å². The van der Waals surface area contributed by atoms with Crippen LogP contribution in [0.15, 0.2) is 54.6 Å². The van der Waals surface area contributed by atoms with Gasteiger partial charge >= 0.3 is 0 Å². The number of nitrogens with one attached hydrogen (secondary N) is 2. The van der Waals surface area contributed by atoms with Gasteiger partial charge in [0.05, 0.1) is 37.2 Å². The maximum absolute atomic E-state index is 14.3. The Kier molecular flexibility index (Phi) is 7.63. The van der Waals surface area contributed by atoms with Crippen molar-refractivity contribution in [1.82, 2.24) is 10.2 Å². The Bertz CT molecular complexity index is 1240. The molecule has 5 rings (SSSR count). The van der Waals surface area contributed by atoms with Crippen molar-refractivity contribution in [3.05, 3.63) is 60.2 Å². The Morgan fingerprint density at radius 1 is 1.12 bits per heavy atom. The van der Waals surface area contributed by atoms with Crippen molar-refractivity contribution in [2.24, 2.45) is 11.8 Å². The minimum atomic E-state index is -1.14. The number of ether oxygens (including phenoxy) is 2. The number of carbonyl (C=O) groups excluding carboxylic acids is 3. The molecule has 3 aliphatic heterocycles. The van der Waals surface area contributed by atoms with Crippen LogP contribution in [0, 0.1) is 11.8 Å². The summed E-state index contributed by atoms with van der Waals surface area (Å²) in [5, 5.41) is 16.5. The van der Waals surface area contributed by atoms with Crippen molar-refractivity contribution in [1.29, 1.82) is 0 Å². The van der Waals surface area contributed by atoms with E-state index in [-0.39, 0.29) is 24.3 Å². The quantitative estimate of drug-likeness (QED) is 0.443. The van der Waals surface area contributed by atoms with Crippen molar-refractivity contribution in [2.75, 3.05) is 18.5 Å². The molecular weight excluding hydrogens is 510 g/mol. The number of fused-ring (bicyclic) bond motifs is 1. The zero-order valence-electron chi connectivity index (χ0n) is 23.6. The number of likely N-dealkylation sites (tertiary alicyclic amines) is 1. The average molecular weight is 550 g/mol. The molecule has 0 radical (unpaired) electrons. The van der Waals surface area contributed by atoms with E-state index in [9.17, 15) is 19.5 Å². The molecule has 214 valence electrons. The summed E-state index contributed by atoms with van der Waals surface area (Å²) >= 11 is 0. The molecule has 3 aliphatic rings. The third-order valence-electron chi connectivity index (χ3n) is 8.14. The van der Waals surface area contributed by atoms with Crippen LogP contribution in [0.1, 0.15) is 46.1 Å². The number of hydrogen-bond donors (Lipinski definition) is 3. The molecule has 40 heavy (non-hydrogen) atoms. The largest absolute Gasteiger partial charge is 0.494 e. The summed E-state index contributed by atoms with van der Waals surface area (Å²) < 4.78 is 12.0. The molecule has 0 aliphatic carbocycles. The lowest BCUT2D eigenvalue weighted by Gasteiger charge is -2.38. The molecule has 9 nitrogen and oxygen atoms in total. The van der Waals surface area contributed by atoms with Gasteiger partial charge in [-0.1, -0.05) is 30.3 Å². The number of aliphatic hydroxyl groups excluding tert-OH is 1. The molecule has 6 atom stereocenters. The molecule has 3 fully saturated rings. The lowest BCUT2D eigenvalue weighted by atomic mass is 9.70. The first-order chi connectivity index (χ1) is 19.1. The first kappa shape index (κ1) is 28.1. The highest BCUT2D eigenvalue weighted by atomic mass is 16.5. The van der Waals surface area contributed by atoms with Gasteiger partial charge in [0.1, 0.15) is 17.4 Å². The standard InChI is InChI=1S/C31H39N3O6/c1-5-39-22-13-11-20(12-14-22)32-27(36)24-23-15-16-31(40-23)25(24)29(38)34(26(31)28(37)33-30(2,3)4)21(18-35)17-19-9-7-6-8-10-19/h6-14,21,23-26,35H,5,15-18H2,1-4H3,(H,32,36)(H,33,37)/t21-,23+,24-,25+,26?,31?/m1/s1. The zero-order valence-corrected chi connectivity index (χ0v) is 23.6. The fraction of sp³-hybridized carbons (Fsp3) is 0.516. The van der Waals surface area contributed by atoms with Gasteiger partial charge in [-0.25, -0.2) is 0 Å². The number of hydrogen-bond acceptors (Lipinski definition) is 6. The SMILES string of the molecule is CCOc1ccc(NC(=O)[C@@H]2[C@@H]3CCC4(O3)C(C(=O)NC(C)(C)C)N([C@@H](CO)Cc3ccccc3)C(=O)[C@H]24)cc1. The van der Waals surface area contributed by atoms with Crippen LogP contribution in [0.3, 0.4) is 0 Å². The monoisotopic (exact) mass is 549 g/mol. The number of anilines is 1. The van der Waals surface area contributed by atoms with Crippen LogP contribution in [-0.4, -0.2) is 70.3 Å². The van der Waals surface area contributed by atoms with E-state index in [1.165, 1.54) is 4.90 Å². The molecule has 2 unspecified atom stereocenters. The fourth-order valence-corrected chi connectivity index (χ4v) is 6.69. The Hall–Kier alpha value is -3.43. The van der Waals surface area contributed by atoms with E-state index in [1.807, 2.05) is 58.0 Å². The third-order valence-corrected chi connectivity index (χ3v) is 8.14. The summed E-state index contributed by atoms with van der Waals surface area (Å²) in [4.78, 5) is 43.4. The summed E-state index contributed by atoms with van der Waals surface area (Å²) in [7, 11) is 0. The molecular formula is C31H39N3O6. The average Bonchev–Trinajstić information content (AvgIpc) is 3.55. The smallest absolute Gasteiger partial charge is 0.246 e. The summed E-state index contributed by atoms with van der Waals surface area (Å²) in [6.07, 6.45) is 0.965. The fourth-order valence-electron chi connectivity index (χ4n) is 6.69. The van der Waals surface area contributed by atoms with Crippen LogP contribution in [0.5, 0.6) is 5.75 Å². The Balaban J connectivity index is 1.47. The van der Waals surface area contributed by atoms with Crippen molar-refractivity contribution in [2.45, 2.75) is 76.3 Å². The van der Waals surface area contributed by atoms with Gasteiger partial charge in [-0.15, -0.1) is 0 Å². The van der Waals surface area contributed by atoms with Crippen molar-refractivity contribution in [3.63, 3.8) is 0 Å². The van der Waals surface area contributed by atoms with Crippen molar-refractivity contribution >= 4 is 23.4 Å². The van der Waals surface area contributed by atoms with E-state index in [2.05, 4.69) is 10.6 Å². The Morgan fingerprint density at radius 3 is 2.45 bits per heavy atom. The number of nitrogens with zero attached hydrogens (tertiary/aromatic N) is 1. The maximum atomic E-state index is 14.3. The molecule has 3 N–H and O–H groups in total. The first-order valence-corrected chi connectivity index (χ1v) is 14.1. The predicted octanol–water partition coefficient (Wildman–Crippen LogP) is 2.92. The second-order valence-electron chi connectivity index (χ2n) is 12.0. The van der Waals surface area contributed by atoms with E-state index >= 15 is 0 Å². The summed E-state index contributed by atoms with van der Waals surface area (Å²) in [5.74, 6) is -1.84. The van der Waals surface area contributed by atoms with Crippen LogP contribution in [-0.2, 0) is 25.5 Å². The molecule has 3 saturated heterocycles. The highest BCUT2D eigenvalue weighted by molar-refractivity contribution is 6.02. The van der Waals surface area contributed by atoms with Gasteiger partial charge in [0, 0.05) is 11.2 Å². The molecule has 9 heteroatoms. The summed E-state index contributed by atoms with van der Waals surface area (Å²) in [6, 6.07) is 15.0. The normalized spacial score (nSPS) is 27.8. The molecule has 0 saturated carbocycles. The lowest BCUT2D eigenvalue weighted by Crippen LogP contribution is -2.60. The third kappa shape index (κ3) is 5.08. The number of amides is 3. The second kappa shape index (κ2) is 10.9. The van der Waals surface area contributed by atoms with Crippen LogP contribution in [0.25, 0.3) is 0 Å². The van der Waals surface area contributed by atoms with E-state index < -0.39 is 41.2 Å². The van der Waals surface area contributed by atoms with Crippen molar-refractivity contribution < 1.29 is 29.0 Å². The molecule has 1 spiro atoms. The highest BCUT2D eigenvalue weighted by Gasteiger charge is 2.75. The lowest BCUT2D eigenvalue weighted by molar-refractivity contribution is -0.145. The molecule has 2 aromatic carbocycles. The minimum absolute atomic E-state index is 0.311. The zero-order chi connectivity index (χ0) is 28.7. The molecule has 3 heterocycles. The van der Waals surface area contributed by atoms with Crippen LogP contribution >= 0.6 is 0 Å². The number of aliphatic hydroxyl groups is 1. The Labute approximate surface area is 235 Å². The van der Waals surface area contributed by atoms with Gasteiger partial charge in [0.15, 0.2) is 0 Å². The van der Waals surface area contributed by atoms with Gasteiger partial charge in [-0.2, -0.15) is 0 Å². The van der Waals surface area contributed by atoms with Gasteiger partial charge < -0.3 is 30.1 Å². The van der Waals surface area contributed by atoms with E-state index in [4.69, 9.17) is 9.47 Å². The Morgan fingerprint density at radius 2 is 1.82 bits per heavy atom. The second-order valence-corrected chi connectivity index (χ2v) is 12.0. The molecule has 2 aromatic rings.